The lowest BCUT2D eigenvalue weighted by atomic mass is 10.3. The average molecular weight is 226 g/mol. The number of hydrogen-bond acceptors (Lipinski definition) is 5. The van der Waals surface area contributed by atoms with E-state index in [1.54, 1.807) is 18.2 Å². The number of carbonyl (C=O) groups excluding carboxylic acids is 1. The highest BCUT2D eigenvalue weighted by Gasteiger charge is 2.05. The zero-order chi connectivity index (χ0) is 12.0. The monoisotopic (exact) mass is 226 g/mol. The van der Waals surface area contributed by atoms with E-state index in [0.29, 0.717) is 17.2 Å². The summed E-state index contributed by atoms with van der Waals surface area (Å²) in [5, 5.41) is 8.54. The van der Waals surface area contributed by atoms with Crippen LogP contribution in [-0.2, 0) is 4.79 Å². The Balaban J connectivity index is 2.74. The largest absolute Gasteiger partial charge is 0.496 e. The van der Waals surface area contributed by atoms with Gasteiger partial charge in [-0.05, 0) is 0 Å². The maximum atomic E-state index is 10.9. The first-order valence-corrected chi connectivity index (χ1v) is 4.68. The Morgan fingerprint density at radius 2 is 1.62 bits per heavy atom. The van der Waals surface area contributed by atoms with E-state index in [9.17, 15) is 4.79 Å². The van der Waals surface area contributed by atoms with Gasteiger partial charge in [-0.3, -0.25) is 4.79 Å². The van der Waals surface area contributed by atoms with E-state index in [1.807, 2.05) is 0 Å². The summed E-state index contributed by atoms with van der Waals surface area (Å²) in [7, 11) is 3.05. The van der Waals surface area contributed by atoms with Crippen LogP contribution in [0.1, 0.15) is 0 Å². The molecule has 0 bridgehead atoms. The van der Waals surface area contributed by atoms with E-state index in [1.165, 1.54) is 14.2 Å². The molecule has 16 heavy (non-hydrogen) atoms. The molecule has 0 atom stereocenters. The topological polar surface area (TPSA) is 65.0 Å². The average Bonchev–Trinajstić information content (AvgIpc) is 2.35. The molecular weight excluding hydrogens is 212 g/mol. The number of methoxy groups -OCH3 is 2. The predicted octanol–water partition coefficient (Wildman–Crippen LogP) is 0.644. The Morgan fingerprint density at radius 1 is 1.12 bits per heavy atom. The number of ketones is 1. The minimum absolute atomic E-state index is 0.174. The highest BCUT2D eigenvalue weighted by atomic mass is 16.5. The number of ether oxygens (including phenoxy) is 3. The first-order chi connectivity index (χ1) is 7.69. The molecule has 1 aromatic carbocycles. The van der Waals surface area contributed by atoms with Gasteiger partial charge in [-0.1, -0.05) is 0 Å². The number of Topliss-reactive ketones (excluding diaryl/α,β-unsaturated/α-hetero) is 1. The number of benzene rings is 1. The van der Waals surface area contributed by atoms with Gasteiger partial charge in [0.15, 0.2) is 5.78 Å². The van der Waals surface area contributed by atoms with E-state index in [2.05, 4.69) is 0 Å². The van der Waals surface area contributed by atoms with Crippen molar-refractivity contribution in [1.29, 1.82) is 0 Å². The van der Waals surface area contributed by atoms with Crippen LogP contribution in [0.2, 0.25) is 0 Å². The van der Waals surface area contributed by atoms with Crippen LogP contribution in [0.3, 0.4) is 0 Å². The smallest absolute Gasteiger partial charge is 0.195 e. The standard InChI is InChI=1S/C11H14O5/c1-14-9-3-10(15-2)5-11(4-9)16-7-8(13)6-12/h3-5,12H,6-7H2,1-2H3. The van der Waals surface area contributed by atoms with Crippen LogP contribution in [0.15, 0.2) is 18.2 Å². The second kappa shape index (κ2) is 5.97. The van der Waals surface area contributed by atoms with Crippen LogP contribution in [-0.4, -0.2) is 38.3 Å². The summed E-state index contributed by atoms with van der Waals surface area (Å²) in [6, 6.07) is 4.96. The molecule has 0 aliphatic rings. The minimum Gasteiger partial charge on any atom is -0.496 e. The van der Waals surface area contributed by atoms with Gasteiger partial charge >= 0.3 is 0 Å². The normalized spacial score (nSPS) is 9.69. The third-order valence-corrected chi connectivity index (χ3v) is 1.90. The summed E-state index contributed by atoms with van der Waals surface area (Å²) < 4.78 is 15.2. The molecule has 0 aliphatic carbocycles. The molecule has 5 heteroatoms. The van der Waals surface area contributed by atoms with Gasteiger partial charge in [0.05, 0.1) is 14.2 Å². The first kappa shape index (κ1) is 12.3. The Kier molecular flexibility index (Phi) is 4.60. The van der Waals surface area contributed by atoms with Crippen molar-refractivity contribution in [3.05, 3.63) is 18.2 Å². The van der Waals surface area contributed by atoms with E-state index in [0.717, 1.165) is 0 Å². The summed E-state index contributed by atoms with van der Waals surface area (Å²) in [6.07, 6.45) is 0. The fourth-order valence-electron chi connectivity index (χ4n) is 1.07. The molecule has 0 aromatic heterocycles. The molecule has 0 radical (unpaired) electrons. The Morgan fingerprint density at radius 3 is 2.06 bits per heavy atom. The Bertz CT molecular complexity index is 339. The summed E-state index contributed by atoms with van der Waals surface area (Å²) in [5.41, 5.74) is 0. The molecule has 0 saturated heterocycles. The van der Waals surface area contributed by atoms with Crippen molar-refractivity contribution in [3.63, 3.8) is 0 Å². The van der Waals surface area contributed by atoms with E-state index >= 15 is 0 Å². The number of aliphatic hydroxyl groups is 1. The van der Waals surface area contributed by atoms with Crippen molar-refractivity contribution in [3.8, 4) is 17.2 Å². The van der Waals surface area contributed by atoms with Crippen molar-refractivity contribution in [2.24, 2.45) is 0 Å². The lowest BCUT2D eigenvalue weighted by Crippen LogP contribution is -2.14. The van der Waals surface area contributed by atoms with Gasteiger partial charge in [0.2, 0.25) is 0 Å². The molecule has 0 aliphatic heterocycles. The fourth-order valence-corrected chi connectivity index (χ4v) is 1.07. The lowest BCUT2D eigenvalue weighted by Gasteiger charge is -2.09. The molecule has 0 saturated carbocycles. The molecule has 0 spiro atoms. The third kappa shape index (κ3) is 3.43. The van der Waals surface area contributed by atoms with Crippen molar-refractivity contribution < 1.29 is 24.1 Å². The summed E-state index contributed by atoms with van der Waals surface area (Å²) in [6.45, 7) is -0.700. The number of rotatable bonds is 6. The highest BCUT2D eigenvalue weighted by Crippen LogP contribution is 2.27. The molecule has 0 fully saturated rings. The lowest BCUT2D eigenvalue weighted by molar-refractivity contribution is -0.123. The minimum atomic E-state index is -0.527. The van der Waals surface area contributed by atoms with Gasteiger partial charge < -0.3 is 19.3 Å². The van der Waals surface area contributed by atoms with Crippen LogP contribution in [0, 0.1) is 0 Å². The Labute approximate surface area is 93.6 Å². The fraction of sp³-hybridized carbons (Fsp3) is 0.364. The van der Waals surface area contributed by atoms with Crippen molar-refractivity contribution in [1.82, 2.24) is 0 Å². The number of aliphatic hydroxyl groups excluding tert-OH is 1. The molecule has 0 unspecified atom stereocenters. The molecular formula is C11H14O5. The first-order valence-electron chi connectivity index (χ1n) is 4.68. The maximum absolute atomic E-state index is 10.9. The molecule has 0 heterocycles. The van der Waals surface area contributed by atoms with Crippen LogP contribution < -0.4 is 14.2 Å². The zero-order valence-corrected chi connectivity index (χ0v) is 9.23. The summed E-state index contributed by atoms with van der Waals surface area (Å²) in [4.78, 5) is 10.9. The quantitative estimate of drug-likeness (QED) is 0.771. The van der Waals surface area contributed by atoms with E-state index in [-0.39, 0.29) is 12.4 Å². The third-order valence-electron chi connectivity index (χ3n) is 1.90. The van der Waals surface area contributed by atoms with Gasteiger partial charge in [-0.15, -0.1) is 0 Å². The Hall–Kier alpha value is -1.75. The number of hydrogen-bond donors (Lipinski definition) is 1. The van der Waals surface area contributed by atoms with E-state index in [4.69, 9.17) is 19.3 Å². The molecule has 1 rings (SSSR count). The van der Waals surface area contributed by atoms with Gasteiger partial charge in [-0.25, -0.2) is 0 Å². The van der Waals surface area contributed by atoms with Gasteiger partial charge in [-0.2, -0.15) is 0 Å². The van der Waals surface area contributed by atoms with Crippen LogP contribution in [0.5, 0.6) is 17.2 Å². The second-order valence-corrected chi connectivity index (χ2v) is 3.03. The van der Waals surface area contributed by atoms with Crippen molar-refractivity contribution in [2.45, 2.75) is 0 Å². The van der Waals surface area contributed by atoms with Crippen molar-refractivity contribution in [2.75, 3.05) is 27.4 Å². The molecule has 5 nitrogen and oxygen atoms in total. The van der Waals surface area contributed by atoms with Crippen LogP contribution in [0.25, 0.3) is 0 Å². The highest BCUT2D eigenvalue weighted by molar-refractivity contribution is 5.80. The molecule has 88 valence electrons. The van der Waals surface area contributed by atoms with Gasteiger partial charge in [0.1, 0.15) is 30.5 Å². The van der Waals surface area contributed by atoms with Crippen molar-refractivity contribution >= 4 is 5.78 Å². The molecule has 0 amide bonds. The van der Waals surface area contributed by atoms with Crippen LogP contribution >= 0.6 is 0 Å². The van der Waals surface area contributed by atoms with Crippen LogP contribution in [0.4, 0.5) is 0 Å². The predicted molar refractivity (Wildman–Crippen MR) is 57.1 cm³/mol. The summed E-state index contributed by atoms with van der Waals surface area (Å²) in [5.74, 6) is 1.22. The SMILES string of the molecule is COc1cc(OC)cc(OCC(=O)CO)c1. The molecule has 1 aromatic rings. The molecule has 1 N–H and O–H groups in total. The van der Waals surface area contributed by atoms with Gasteiger partial charge in [0, 0.05) is 18.2 Å². The maximum Gasteiger partial charge on any atom is 0.195 e. The number of carbonyl (C=O) groups is 1. The van der Waals surface area contributed by atoms with E-state index < -0.39 is 6.61 Å². The summed E-state index contributed by atoms with van der Waals surface area (Å²) >= 11 is 0. The second-order valence-electron chi connectivity index (χ2n) is 3.03. The van der Waals surface area contributed by atoms with Gasteiger partial charge in [0.25, 0.3) is 0 Å². The zero-order valence-electron chi connectivity index (χ0n) is 9.23.